The van der Waals surface area contributed by atoms with Crippen molar-refractivity contribution >= 4 is 39.6 Å². The van der Waals surface area contributed by atoms with Crippen LogP contribution in [0.1, 0.15) is 5.56 Å². The predicted molar refractivity (Wildman–Crippen MR) is 72.4 cm³/mol. The normalized spacial score (nSPS) is 10.7. The molecule has 0 atom stereocenters. The average Bonchev–Trinajstić information content (AvgIpc) is 2.34. The van der Waals surface area contributed by atoms with Crippen molar-refractivity contribution in [2.24, 2.45) is 5.10 Å². The van der Waals surface area contributed by atoms with Crippen LogP contribution in [0.5, 0.6) is 0 Å². The van der Waals surface area contributed by atoms with Crippen molar-refractivity contribution in [1.29, 1.82) is 0 Å². The number of anilines is 1. The molecule has 6 heteroatoms. The highest BCUT2D eigenvalue weighted by molar-refractivity contribution is 9.10. The molecule has 0 aliphatic rings. The number of nitrogens with one attached hydrogen (secondary N) is 1. The second-order valence-electron chi connectivity index (χ2n) is 3.12. The number of hydrogen-bond acceptors (Lipinski definition) is 4. The van der Waals surface area contributed by atoms with E-state index in [1.165, 1.54) is 6.20 Å². The maximum atomic E-state index is 5.81. The molecule has 1 aromatic heterocycles. The molecule has 2 rings (SSSR count). The molecule has 0 amide bonds. The Bertz CT molecular complexity index is 527. The van der Waals surface area contributed by atoms with E-state index in [-0.39, 0.29) is 0 Å². The Balaban J connectivity index is 2.03. The van der Waals surface area contributed by atoms with Gasteiger partial charge in [0, 0.05) is 16.9 Å². The summed E-state index contributed by atoms with van der Waals surface area (Å²) in [6, 6.07) is 7.76. The molecular formula is C11H8BrClN4. The zero-order valence-corrected chi connectivity index (χ0v) is 11.0. The number of hydrazone groups is 1. The molecule has 0 unspecified atom stereocenters. The summed E-state index contributed by atoms with van der Waals surface area (Å²) in [6.45, 7) is 0. The lowest BCUT2D eigenvalue weighted by Gasteiger charge is -1.99. The molecule has 4 nitrogen and oxygen atoms in total. The fourth-order valence-corrected chi connectivity index (χ4v) is 1.52. The minimum atomic E-state index is 0.292. The molecule has 86 valence electrons. The third-order valence-corrected chi connectivity index (χ3v) is 2.71. The SMILES string of the molecule is Clc1nccnc1N/N=C/c1ccc(Br)cc1. The Labute approximate surface area is 112 Å². The van der Waals surface area contributed by atoms with Crippen molar-refractivity contribution < 1.29 is 0 Å². The summed E-state index contributed by atoms with van der Waals surface area (Å²) in [7, 11) is 0. The second kappa shape index (κ2) is 5.75. The van der Waals surface area contributed by atoms with Gasteiger partial charge in [0.2, 0.25) is 0 Å². The fourth-order valence-electron chi connectivity index (χ4n) is 1.11. The van der Waals surface area contributed by atoms with Gasteiger partial charge < -0.3 is 0 Å². The first-order chi connectivity index (χ1) is 8.25. The van der Waals surface area contributed by atoms with E-state index in [0.717, 1.165) is 10.0 Å². The van der Waals surface area contributed by atoms with Crippen LogP contribution in [0.3, 0.4) is 0 Å². The van der Waals surface area contributed by atoms with E-state index in [9.17, 15) is 0 Å². The molecule has 0 saturated heterocycles. The third-order valence-electron chi connectivity index (χ3n) is 1.91. The zero-order chi connectivity index (χ0) is 12.1. The lowest BCUT2D eigenvalue weighted by atomic mass is 10.2. The van der Waals surface area contributed by atoms with Crippen molar-refractivity contribution in [2.75, 3.05) is 5.43 Å². The number of hydrogen-bond donors (Lipinski definition) is 1. The monoisotopic (exact) mass is 310 g/mol. The van der Waals surface area contributed by atoms with Crippen LogP contribution in [-0.2, 0) is 0 Å². The van der Waals surface area contributed by atoms with Crippen LogP contribution in [0.25, 0.3) is 0 Å². The number of halogens is 2. The van der Waals surface area contributed by atoms with Crippen molar-refractivity contribution in [3.05, 3.63) is 51.8 Å². The molecule has 0 spiro atoms. The molecule has 0 aliphatic heterocycles. The average molecular weight is 312 g/mol. The van der Waals surface area contributed by atoms with E-state index in [1.54, 1.807) is 12.4 Å². The third kappa shape index (κ3) is 3.51. The van der Waals surface area contributed by atoms with E-state index in [0.29, 0.717) is 11.0 Å². The first-order valence-electron chi connectivity index (χ1n) is 4.77. The van der Waals surface area contributed by atoms with E-state index in [2.05, 4.69) is 36.4 Å². The summed E-state index contributed by atoms with van der Waals surface area (Å²) >= 11 is 9.17. The zero-order valence-electron chi connectivity index (χ0n) is 8.64. The van der Waals surface area contributed by atoms with E-state index in [4.69, 9.17) is 11.6 Å². The summed E-state index contributed by atoms with van der Waals surface area (Å²) < 4.78 is 1.03. The number of benzene rings is 1. The minimum absolute atomic E-state index is 0.292. The van der Waals surface area contributed by atoms with Crippen LogP contribution in [0.4, 0.5) is 5.82 Å². The number of aromatic nitrogens is 2. The summed E-state index contributed by atoms with van der Waals surface area (Å²) in [4.78, 5) is 7.87. The highest BCUT2D eigenvalue weighted by Gasteiger charge is 1.98. The van der Waals surface area contributed by atoms with Crippen molar-refractivity contribution in [2.45, 2.75) is 0 Å². The Kier molecular flexibility index (Phi) is 4.06. The molecule has 2 aromatic rings. The minimum Gasteiger partial charge on any atom is -0.259 e. The van der Waals surface area contributed by atoms with Gasteiger partial charge >= 0.3 is 0 Å². The number of nitrogens with zero attached hydrogens (tertiary/aromatic N) is 3. The smallest absolute Gasteiger partial charge is 0.184 e. The van der Waals surface area contributed by atoms with Gasteiger partial charge in [0.1, 0.15) is 0 Å². The first kappa shape index (κ1) is 12.0. The van der Waals surface area contributed by atoms with Gasteiger partial charge in [0.25, 0.3) is 0 Å². The summed E-state index contributed by atoms with van der Waals surface area (Å²) in [6.07, 6.45) is 4.74. The molecule has 0 bridgehead atoms. The second-order valence-corrected chi connectivity index (χ2v) is 4.39. The maximum Gasteiger partial charge on any atom is 0.184 e. The quantitative estimate of drug-likeness (QED) is 0.698. The van der Waals surface area contributed by atoms with Gasteiger partial charge in [-0.2, -0.15) is 5.10 Å². The van der Waals surface area contributed by atoms with Crippen LogP contribution in [0, 0.1) is 0 Å². The van der Waals surface area contributed by atoms with Gasteiger partial charge in [0.15, 0.2) is 11.0 Å². The maximum absolute atomic E-state index is 5.81. The van der Waals surface area contributed by atoms with Crippen molar-refractivity contribution in [1.82, 2.24) is 9.97 Å². The van der Waals surface area contributed by atoms with Crippen LogP contribution in [0.15, 0.2) is 46.2 Å². The van der Waals surface area contributed by atoms with E-state index in [1.807, 2.05) is 24.3 Å². The molecule has 1 heterocycles. The molecule has 0 aliphatic carbocycles. The van der Waals surface area contributed by atoms with Gasteiger partial charge in [-0.05, 0) is 17.7 Å². The van der Waals surface area contributed by atoms with Gasteiger partial charge in [-0.1, -0.05) is 39.7 Å². The summed E-state index contributed by atoms with van der Waals surface area (Å²) in [5.74, 6) is 0.433. The first-order valence-corrected chi connectivity index (χ1v) is 5.94. The largest absolute Gasteiger partial charge is 0.259 e. The fraction of sp³-hybridized carbons (Fsp3) is 0. The van der Waals surface area contributed by atoms with Crippen LogP contribution in [-0.4, -0.2) is 16.2 Å². The topological polar surface area (TPSA) is 50.2 Å². The highest BCUT2D eigenvalue weighted by Crippen LogP contribution is 2.14. The molecular weight excluding hydrogens is 304 g/mol. The van der Waals surface area contributed by atoms with Crippen molar-refractivity contribution in [3.63, 3.8) is 0 Å². The van der Waals surface area contributed by atoms with Gasteiger partial charge in [0.05, 0.1) is 6.21 Å². The van der Waals surface area contributed by atoms with Crippen LogP contribution < -0.4 is 5.43 Å². The molecule has 1 aromatic carbocycles. The molecule has 1 N–H and O–H groups in total. The van der Waals surface area contributed by atoms with E-state index < -0.39 is 0 Å². The Morgan fingerprint density at radius 2 is 1.88 bits per heavy atom. The predicted octanol–water partition coefficient (Wildman–Crippen LogP) is 3.34. The van der Waals surface area contributed by atoms with Crippen LogP contribution >= 0.6 is 27.5 Å². The van der Waals surface area contributed by atoms with Gasteiger partial charge in [-0.3, -0.25) is 5.43 Å². The van der Waals surface area contributed by atoms with Crippen LogP contribution in [0.2, 0.25) is 5.15 Å². The Morgan fingerprint density at radius 3 is 2.59 bits per heavy atom. The van der Waals surface area contributed by atoms with Gasteiger partial charge in [-0.15, -0.1) is 0 Å². The standard InChI is InChI=1S/C11H8BrClN4/c12-9-3-1-8(2-4-9)7-16-17-11-10(13)14-5-6-15-11/h1-7H,(H,15,17)/b16-7+. The highest BCUT2D eigenvalue weighted by atomic mass is 79.9. The lowest BCUT2D eigenvalue weighted by Crippen LogP contribution is -1.95. The molecule has 0 fully saturated rings. The summed E-state index contributed by atoms with van der Waals surface area (Å²) in [5, 5.41) is 4.32. The molecule has 17 heavy (non-hydrogen) atoms. The van der Waals surface area contributed by atoms with Crippen molar-refractivity contribution in [3.8, 4) is 0 Å². The lowest BCUT2D eigenvalue weighted by molar-refractivity contribution is 1.16. The Morgan fingerprint density at radius 1 is 1.18 bits per heavy atom. The molecule has 0 saturated carbocycles. The van der Waals surface area contributed by atoms with Gasteiger partial charge in [-0.25, -0.2) is 9.97 Å². The molecule has 0 radical (unpaired) electrons. The Hall–Kier alpha value is -1.46. The number of rotatable bonds is 3. The summed E-state index contributed by atoms with van der Waals surface area (Å²) in [5.41, 5.74) is 3.70. The van der Waals surface area contributed by atoms with E-state index >= 15 is 0 Å².